The molecule has 5 nitrogen and oxygen atoms in total. The Morgan fingerprint density at radius 3 is 2.26 bits per heavy atom. The van der Waals surface area contributed by atoms with Gasteiger partial charge < -0.3 is 14.6 Å². The lowest BCUT2D eigenvalue weighted by Gasteiger charge is -2.21. The van der Waals surface area contributed by atoms with Crippen molar-refractivity contribution in [3.05, 3.63) is 72.4 Å². The highest BCUT2D eigenvalue weighted by molar-refractivity contribution is 6.08. The number of fused-ring (bicyclic) bond motifs is 1. The first kappa shape index (κ1) is 23.5. The third-order valence-electron chi connectivity index (χ3n) is 6.34. The van der Waals surface area contributed by atoms with Crippen LogP contribution in [0, 0.1) is 11.3 Å². The monoisotopic (exact) mass is 452 g/mol. The first-order chi connectivity index (χ1) is 16.7. The van der Waals surface area contributed by atoms with Gasteiger partial charge in [-0.3, -0.25) is 0 Å². The highest BCUT2D eigenvalue weighted by atomic mass is 16.3. The maximum Gasteiger partial charge on any atom is 0.229 e. The Bertz CT molecular complexity index is 1250. The van der Waals surface area contributed by atoms with Gasteiger partial charge in [0.05, 0.1) is 22.8 Å². The van der Waals surface area contributed by atoms with Crippen LogP contribution in [0.4, 0.5) is 5.69 Å². The van der Waals surface area contributed by atoms with E-state index in [1.165, 1.54) is 0 Å². The predicted molar refractivity (Wildman–Crippen MR) is 140 cm³/mol. The molecule has 0 saturated carbocycles. The minimum Gasteiger partial charge on any atom is -0.437 e. The van der Waals surface area contributed by atoms with Gasteiger partial charge >= 0.3 is 0 Å². The second kappa shape index (κ2) is 11.0. The molecule has 0 fully saturated rings. The van der Waals surface area contributed by atoms with Crippen molar-refractivity contribution < 1.29 is 4.42 Å². The van der Waals surface area contributed by atoms with Crippen molar-refractivity contribution in [3.8, 4) is 28.5 Å². The van der Waals surface area contributed by atoms with Crippen molar-refractivity contribution in [2.24, 2.45) is 0 Å². The van der Waals surface area contributed by atoms with E-state index in [1.54, 1.807) is 6.20 Å². The van der Waals surface area contributed by atoms with Gasteiger partial charge in [0.2, 0.25) is 5.71 Å². The van der Waals surface area contributed by atoms with E-state index in [0.29, 0.717) is 11.3 Å². The van der Waals surface area contributed by atoms with E-state index >= 15 is 0 Å². The summed E-state index contributed by atoms with van der Waals surface area (Å²) in [5, 5.41) is 14.4. The fraction of sp³-hybridized carbons (Fsp3) is 0.310. The number of furan rings is 1. The van der Waals surface area contributed by atoms with Crippen molar-refractivity contribution in [2.75, 3.05) is 25.0 Å². The number of benzene rings is 2. The minimum atomic E-state index is 0.201. The number of pyridine rings is 1. The molecule has 0 aliphatic rings. The third kappa shape index (κ3) is 4.98. The molecule has 4 rings (SSSR count). The molecule has 2 aromatic heterocycles. The van der Waals surface area contributed by atoms with Crippen LogP contribution in [0.1, 0.15) is 39.2 Å². The fourth-order valence-electron chi connectivity index (χ4n) is 4.45. The summed E-state index contributed by atoms with van der Waals surface area (Å²) in [5.74, 6) is 0.765. The van der Waals surface area contributed by atoms with Gasteiger partial charge in [0.25, 0.3) is 0 Å². The quantitative estimate of drug-likeness (QED) is 0.282. The maximum atomic E-state index is 9.92. The number of nitrogens with zero attached hydrogens (tertiary/aromatic N) is 3. The topological polar surface area (TPSA) is 65.1 Å². The molecule has 1 N–H and O–H groups in total. The van der Waals surface area contributed by atoms with E-state index in [-0.39, 0.29) is 6.04 Å². The van der Waals surface area contributed by atoms with E-state index < -0.39 is 0 Å². The Labute approximate surface area is 202 Å². The molecule has 0 bridgehead atoms. The lowest BCUT2D eigenvalue weighted by Crippen LogP contribution is -2.25. The van der Waals surface area contributed by atoms with Crippen LogP contribution in [0.5, 0.6) is 0 Å². The summed E-state index contributed by atoms with van der Waals surface area (Å²) < 4.78 is 6.34. The number of hydrogen-bond donors (Lipinski definition) is 1. The number of anilines is 1. The zero-order chi connectivity index (χ0) is 23.9. The molecule has 34 heavy (non-hydrogen) atoms. The van der Waals surface area contributed by atoms with E-state index in [1.807, 2.05) is 48.5 Å². The standard InChI is InChI=1S/C29H32N4O/c1-4-33(5-2)18-12-13-21(3)32-27-24(19-30)20-31-29-26(27)25(22-14-8-6-9-15-22)28(34-29)23-16-10-7-11-17-23/h6-11,14-17,20-21H,4-5,12-13,18H2,1-3H3,(H,31,32)/t21-/m1/s1. The highest BCUT2D eigenvalue weighted by Crippen LogP contribution is 2.44. The molecular formula is C29H32N4O. The van der Waals surface area contributed by atoms with Gasteiger partial charge in [-0.25, -0.2) is 4.98 Å². The number of rotatable bonds is 10. The lowest BCUT2D eigenvalue weighted by atomic mass is 9.97. The van der Waals surface area contributed by atoms with Gasteiger partial charge in [0.1, 0.15) is 11.8 Å². The van der Waals surface area contributed by atoms with Gasteiger partial charge in [0, 0.05) is 17.2 Å². The Morgan fingerprint density at radius 1 is 1.00 bits per heavy atom. The van der Waals surface area contributed by atoms with Crippen LogP contribution >= 0.6 is 0 Å². The molecule has 4 aromatic rings. The number of aromatic nitrogens is 1. The van der Waals surface area contributed by atoms with Gasteiger partial charge in [-0.2, -0.15) is 5.26 Å². The predicted octanol–water partition coefficient (Wildman–Crippen LogP) is 6.96. The summed E-state index contributed by atoms with van der Waals surface area (Å²) in [7, 11) is 0. The van der Waals surface area contributed by atoms with E-state index in [4.69, 9.17) is 4.42 Å². The Hall–Kier alpha value is -3.62. The lowest BCUT2D eigenvalue weighted by molar-refractivity contribution is 0.295. The number of nitriles is 1. The van der Waals surface area contributed by atoms with Gasteiger partial charge in [-0.1, -0.05) is 74.5 Å². The van der Waals surface area contributed by atoms with Crippen molar-refractivity contribution >= 4 is 16.8 Å². The van der Waals surface area contributed by atoms with Crippen LogP contribution in [-0.2, 0) is 0 Å². The summed E-state index contributed by atoms with van der Waals surface area (Å²) in [4.78, 5) is 6.96. The van der Waals surface area contributed by atoms with Crippen LogP contribution in [0.25, 0.3) is 33.6 Å². The first-order valence-corrected chi connectivity index (χ1v) is 12.1. The van der Waals surface area contributed by atoms with Crippen LogP contribution in [0.3, 0.4) is 0 Å². The van der Waals surface area contributed by atoms with E-state index in [9.17, 15) is 5.26 Å². The minimum absolute atomic E-state index is 0.201. The molecule has 0 amide bonds. The molecule has 0 aliphatic heterocycles. The highest BCUT2D eigenvalue weighted by Gasteiger charge is 2.24. The van der Waals surface area contributed by atoms with Crippen LogP contribution < -0.4 is 5.32 Å². The molecule has 0 unspecified atom stereocenters. The van der Waals surface area contributed by atoms with Gasteiger partial charge in [-0.05, 0) is 45.0 Å². The molecule has 0 aliphatic carbocycles. The van der Waals surface area contributed by atoms with Crippen molar-refractivity contribution in [2.45, 2.75) is 39.7 Å². The maximum absolute atomic E-state index is 9.92. The summed E-state index contributed by atoms with van der Waals surface area (Å²) in [5.41, 5.74) is 4.84. The van der Waals surface area contributed by atoms with Gasteiger partial charge in [0.15, 0.2) is 0 Å². The average molecular weight is 453 g/mol. The molecule has 0 spiro atoms. The molecule has 174 valence electrons. The average Bonchev–Trinajstić information content (AvgIpc) is 3.28. The number of hydrogen-bond acceptors (Lipinski definition) is 5. The molecule has 0 saturated heterocycles. The third-order valence-corrected chi connectivity index (χ3v) is 6.34. The van der Waals surface area contributed by atoms with Crippen molar-refractivity contribution in [1.82, 2.24) is 9.88 Å². The van der Waals surface area contributed by atoms with Crippen LogP contribution in [0.2, 0.25) is 0 Å². The SMILES string of the molecule is CCN(CC)CCC[C@@H](C)Nc1c(C#N)cnc2oc(-c3ccccc3)c(-c3ccccc3)c12. The second-order valence-electron chi connectivity index (χ2n) is 8.59. The number of nitrogens with one attached hydrogen (secondary N) is 1. The van der Waals surface area contributed by atoms with Crippen molar-refractivity contribution in [1.29, 1.82) is 5.26 Å². The largest absolute Gasteiger partial charge is 0.437 e. The second-order valence-corrected chi connectivity index (χ2v) is 8.59. The molecule has 0 radical (unpaired) electrons. The normalized spacial score (nSPS) is 12.1. The fourth-order valence-corrected chi connectivity index (χ4v) is 4.45. The van der Waals surface area contributed by atoms with E-state index in [2.05, 4.69) is 54.2 Å². The zero-order valence-electron chi connectivity index (χ0n) is 20.2. The van der Waals surface area contributed by atoms with Crippen LogP contribution in [-0.4, -0.2) is 35.6 Å². The zero-order valence-corrected chi connectivity index (χ0v) is 20.2. The first-order valence-electron chi connectivity index (χ1n) is 12.1. The summed E-state index contributed by atoms with van der Waals surface area (Å²) >= 11 is 0. The Morgan fingerprint density at radius 2 is 1.65 bits per heavy atom. The van der Waals surface area contributed by atoms with E-state index in [0.717, 1.165) is 66.0 Å². The summed E-state index contributed by atoms with van der Waals surface area (Å²) in [6.45, 7) is 9.79. The Kier molecular flexibility index (Phi) is 7.61. The summed E-state index contributed by atoms with van der Waals surface area (Å²) in [6, 6.07) is 22.8. The van der Waals surface area contributed by atoms with Crippen LogP contribution in [0.15, 0.2) is 71.3 Å². The Balaban J connectivity index is 1.79. The molecule has 2 heterocycles. The molecule has 2 aromatic carbocycles. The van der Waals surface area contributed by atoms with Crippen molar-refractivity contribution in [3.63, 3.8) is 0 Å². The summed E-state index contributed by atoms with van der Waals surface area (Å²) in [6.07, 6.45) is 3.72. The molecule has 1 atom stereocenters. The molecular weight excluding hydrogens is 420 g/mol. The molecule has 5 heteroatoms. The smallest absolute Gasteiger partial charge is 0.229 e. The van der Waals surface area contributed by atoms with Gasteiger partial charge in [-0.15, -0.1) is 0 Å².